The molecule has 3 N–H and O–H groups in total. The van der Waals surface area contributed by atoms with E-state index in [2.05, 4.69) is 20.7 Å². The third-order valence-electron chi connectivity index (χ3n) is 4.04. The number of amides is 3. The van der Waals surface area contributed by atoms with Gasteiger partial charge in [0, 0.05) is 0 Å². The number of hydrogen-bond acceptors (Lipinski definition) is 6. The second kappa shape index (κ2) is 12.3. The van der Waals surface area contributed by atoms with Crippen LogP contribution in [0.3, 0.4) is 0 Å². The molecule has 9 heteroatoms. The van der Waals surface area contributed by atoms with Gasteiger partial charge in [-0.3, -0.25) is 9.59 Å². The van der Waals surface area contributed by atoms with E-state index in [4.69, 9.17) is 4.74 Å². The minimum absolute atomic E-state index is 0.0846. The zero-order chi connectivity index (χ0) is 20.9. The SMILES string of the molecule is CC[C@H](C)[C@@H](NC(=O)CNC(=O)CNC(=O)OCc1ccccc1)C(=O)OC. The van der Waals surface area contributed by atoms with E-state index in [1.165, 1.54) is 7.11 Å². The van der Waals surface area contributed by atoms with E-state index in [9.17, 15) is 19.2 Å². The molecule has 0 aliphatic heterocycles. The lowest BCUT2D eigenvalue weighted by atomic mass is 9.99. The number of hydrogen-bond donors (Lipinski definition) is 3. The minimum Gasteiger partial charge on any atom is -0.467 e. The van der Waals surface area contributed by atoms with Gasteiger partial charge in [-0.2, -0.15) is 0 Å². The molecule has 0 spiro atoms. The largest absolute Gasteiger partial charge is 0.467 e. The molecule has 1 aromatic rings. The number of alkyl carbamates (subject to hydrolysis) is 1. The van der Waals surface area contributed by atoms with Crippen molar-refractivity contribution in [3.8, 4) is 0 Å². The molecule has 0 heterocycles. The molecule has 0 aliphatic rings. The Morgan fingerprint density at radius 3 is 2.25 bits per heavy atom. The minimum atomic E-state index is -0.787. The number of nitrogens with one attached hydrogen (secondary N) is 3. The van der Waals surface area contributed by atoms with Gasteiger partial charge in [-0.05, 0) is 11.5 Å². The van der Waals surface area contributed by atoms with Gasteiger partial charge in [0.2, 0.25) is 11.8 Å². The monoisotopic (exact) mass is 393 g/mol. The van der Waals surface area contributed by atoms with E-state index in [-0.39, 0.29) is 25.6 Å². The van der Waals surface area contributed by atoms with E-state index in [0.29, 0.717) is 6.42 Å². The maximum absolute atomic E-state index is 12.0. The first-order valence-electron chi connectivity index (χ1n) is 8.95. The molecule has 0 aromatic heterocycles. The van der Waals surface area contributed by atoms with Crippen LogP contribution in [0.1, 0.15) is 25.8 Å². The average molecular weight is 393 g/mol. The smallest absolute Gasteiger partial charge is 0.407 e. The average Bonchev–Trinajstić information content (AvgIpc) is 2.72. The molecule has 154 valence electrons. The topological polar surface area (TPSA) is 123 Å². The molecular weight excluding hydrogens is 366 g/mol. The van der Waals surface area contributed by atoms with Crippen molar-refractivity contribution in [2.24, 2.45) is 5.92 Å². The predicted molar refractivity (Wildman–Crippen MR) is 101 cm³/mol. The van der Waals surface area contributed by atoms with Crippen LogP contribution in [0, 0.1) is 5.92 Å². The molecule has 0 bridgehead atoms. The molecule has 2 atom stereocenters. The summed E-state index contributed by atoms with van der Waals surface area (Å²) in [5.74, 6) is -1.76. The number of esters is 1. The Morgan fingerprint density at radius 1 is 1.00 bits per heavy atom. The number of carbonyl (C=O) groups is 4. The number of benzene rings is 1. The van der Waals surface area contributed by atoms with E-state index >= 15 is 0 Å². The van der Waals surface area contributed by atoms with Gasteiger partial charge in [-0.25, -0.2) is 9.59 Å². The van der Waals surface area contributed by atoms with Crippen LogP contribution in [0.4, 0.5) is 4.79 Å². The fraction of sp³-hybridized carbons (Fsp3) is 0.474. The third kappa shape index (κ3) is 8.52. The van der Waals surface area contributed by atoms with Crippen LogP contribution in [0.5, 0.6) is 0 Å². The molecule has 0 radical (unpaired) electrons. The van der Waals surface area contributed by atoms with Crippen LogP contribution >= 0.6 is 0 Å². The summed E-state index contributed by atoms with van der Waals surface area (Å²) in [6, 6.07) is 8.31. The standard InChI is InChI=1S/C19H27N3O6/c1-4-13(2)17(18(25)27-3)22-16(24)11-20-15(23)10-21-19(26)28-12-14-8-6-5-7-9-14/h5-9,13,17H,4,10-12H2,1-3H3,(H,20,23)(H,21,26)(H,22,24)/t13-,17+/m0/s1. The van der Waals surface area contributed by atoms with Crippen LogP contribution in [-0.2, 0) is 30.5 Å². The van der Waals surface area contributed by atoms with Gasteiger partial charge in [0.05, 0.1) is 13.7 Å². The highest BCUT2D eigenvalue weighted by molar-refractivity contribution is 5.89. The number of ether oxygens (including phenoxy) is 2. The highest BCUT2D eigenvalue weighted by Crippen LogP contribution is 2.09. The normalized spacial score (nSPS) is 12.2. The van der Waals surface area contributed by atoms with Gasteiger partial charge >= 0.3 is 12.1 Å². The molecule has 3 amide bonds. The van der Waals surface area contributed by atoms with Crippen molar-refractivity contribution in [3.05, 3.63) is 35.9 Å². The van der Waals surface area contributed by atoms with Gasteiger partial charge < -0.3 is 25.4 Å². The molecule has 28 heavy (non-hydrogen) atoms. The number of methoxy groups -OCH3 is 1. The Balaban J connectivity index is 2.30. The van der Waals surface area contributed by atoms with Gasteiger partial charge in [0.1, 0.15) is 19.2 Å². The molecule has 0 aliphatic carbocycles. The summed E-state index contributed by atoms with van der Waals surface area (Å²) in [6.07, 6.45) is -0.0764. The fourth-order valence-corrected chi connectivity index (χ4v) is 2.19. The highest BCUT2D eigenvalue weighted by Gasteiger charge is 2.26. The van der Waals surface area contributed by atoms with Crippen LogP contribution in [0.15, 0.2) is 30.3 Å². The Bertz CT molecular complexity index is 665. The second-order valence-electron chi connectivity index (χ2n) is 6.15. The maximum Gasteiger partial charge on any atom is 0.407 e. The lowest BCUT2D eigenvalue weighted by molar-refractivity contribution is -0.146. The lowest BCUT2D eigenvalue weighted by Gasteiger charge is -2.21. The van der Waals surface area contributed by atoms with Crippen LogP contribution in [0.2, 0.25) is 0 Å². The van der Waals surface area contributed by atoms with Crippen LogP contribution < -0.4 is 16.0 Å². The molecule has 0 saturated carbocycles. The number of rotatable bonds is 10. The van der Waals surface area contributed by atoms with E-state index in [0.717, 1.165) is 5.56 Å². The van der Waals surface area contributed by atoms with Gasteiger partial charge in [0.15, 0.2) is 0 Å². The van der Waals surface area contributed by atoms with E-state index in [1.807, 2.05) is 32.0 Å². The Labute approximate surface area is 164 Å². The van der Waals surface area contributed by atoms with Crippen LogP contribution in [0.25, 0.3) is 0 Å². The van der Waals surface area contributed by atoms with Crippen molar-refractivity contribution in [2.75, 3.05) is 20.2 Å². The first-order chi connectivity index (χ1) is 13.4. The summed E-state index contributed by atoms with van der Waals surface area (Å²) in [5.41, 5.74) is 0.820. The predicted octanol–water partition coefficient (Wildman–Crippen LogP) is 0.733. The van der Waals surface area contributed by atoms with Crippen molar-refractivity contribution in [2.45, 2.75) is 32.9 Å². The first kappa shape index (κ1) is 22.9. The van der Waals surface area contributed by atoms with Crippen molar-refractivity contribution in [1.29, 1.82) is 0 Å². The van der Waals surface area contributed by atoms with Crippen molar-refractivity contribution < 1.29 is 28.7 Å². The third-order valence-corrected chi connectivity index (χ3v) is 4.04. The van der Waals surface area contributed by atoms with Crippen molar-refractivity contribution in [3.63, 3.8) is 0 Å². The molecule has 9 nitrogen and oxygen atoms in total. The zero-order valence-corrected chi connectivity index (χ0v) is 16.3. The molecule has 1 rings (SSSR count). The Kier molecular flexibility index (Phi) is 10.1. The fourth-order valence-electron chi connectivity index (χ4n) is 2.19. The summed E-state index contributed by atoms with van der Waals surface area (Å²) < 4.78 is 9.65. The quantitative estimate of drug-likeness (QED) is 0.504. The molecule has 1 aromatic carbocycles. The molecule has 0 unspecified atom stereocenters. The van der Waals surface area contributed by atoms with Gasteiger partial charge in [0.25, 0.3) is 0 Å². The molecular formula is C19H27N3O6. The maximum atomic E-state index is 12.0. The summed E-state index contributed by atoms with van der Waals surface area (Å²) in [4.78, 5) is 47.0. The van der Waals surface area contributed by atoms with Crippen molar-refractivity contribution >= 4 is 23.9 Å². The number of carbonyl (C=O) groups excluding carboxylic acids is 4. The molecule has 0 saturated heterocycles. The summed E-state index contributed by atoms with van der Waals surface area (Å²) in [6.45, 7) is 3.11. The van der Waals surface area contributed by atoms with Crippen LogP contribution in [-0.4, -0.2) is 50.1 Å². The summed E-state index contributed by atoms with van der Waals surface area (Å²) >= 11 is 0. The van der Waals surface area contributed by atoms with Gasteiger partial charge in [-0.15, -0.1) is 0 Å². The molecule has 0 fully saturated rings. The van der Waals surface area contributed by atoms with E-state index in [1.54, 1.807) is 12.1 Å². The Hall–Kier alpha value is -3.10. The van der Waals surface area contributed by atoms with E-state index < -0.39 is 29.9 Å². The second-order valence-corrected chi connectivity index (χ2v) is 6.15. The summed E-state index contributed by atoms with van der Waals surface area (Å²) in [5, 5.41) is 7.19. The highest BCUT2D eigenvalue weighted by atomic mass is 16.5. The lowest BCUT2D eigenvalue weighted by Crippen LogP contribution is -2.49. The first-order valence-corrected chi connectivity index (χ1v) is 8.95. The zero-order valence-electron chi connectivity index (χ0n) is 16.3. The van der Waals surface area contributed by atoms with Crippen molar-refractivity contribution in [1.82, 2.24) is 16.0 Å². The van der Waals surface area contributed by atoms with Gasteiger partial charge in [-0.1, -0.05) is 50.6 Å². The summed E-state index contributed by atoms with van der Waals surface area (Å²) in [7, 11) is 1.24. The Morgan fingerprint density at radius 2 is 1.64 bits per heavy atom.